The molecule has 0 spiro atoms. The van der Waals surface area contributed by atoms with E-state index >= 15 is 0 Å². The van der Waals surface area contributed by atoms with Crippen molar-refractivity contribution in [1.82, 2.24) is 4.90 Å². The van der Waals surface area contributed by atoms with Crippen molar-refractivity contribution in [2.24, 2.45) is 0 Å². The fourth-order valence-corrected chi connectivity index (χ4v) is 1.63. The number of benzene rings is 1. The van der Waals surface area contributed by atoms with E-state index in [1.165, 1.54) is 0 Å². The molecule has 1 rings (SSSR count). The molecule has 15 heavy (non-hydrogen) atoms. The Labute approximate surface area is 97.8 Å². The van der Waals surface area contributed by atoms with Crippen molar-refractivity contribution in [3.63, 3.8) is 0 Å². The third kappa shape index (κ3) is 3.32. The molecule has 0 amide bonds. The van der Waals surface area contributed by atoms with Crippen molar-refractivity contribution in [2.45, 2.75) is 19.5 Å². The number of hydrogen-bond donors (Lipinski definition) is 1. The predicted molar refractivity (Wildman–Crippen MR) is 62.7 cm³/mol. The van der Waals surface area contributed by atoms with Crippen LogP contribution in [0.25, 0.3) is 0 Å². The Balaban J connectivity index is 2.70. The Hall–Kier alpha value is -0.870. The fourth-order valence-electron chi connectivity index (χ4n) is 1.22. The maximum Gasteiger partial charge on any atom is 0.320 e. The zero-order chi connectivity index (χ0) is 11.4. The number of halogens is 1. The molecule has 0 unspecified atom stereocenters. The van der Waals surface area contributed by atoms with Gasteiger partial charge in [-0.3, -0.25) is 9.69 Å². The van der Waals surface area contributed by atoms with Crippen LogP contribution in [0.2, 0.25) is 0 Å². The van der Waals surface area contributed by atoms with Gasteiger partial charge in [-0.15, -0.1) is 0 Å². The quantitative estimate of drug-likeness (QED) is 0.914. The van der Waals surface area contributed by atoms with Crippen LogP contribution in [0.15, 0.2) is 28.7 Å². The van der Waals surface area contributed by atoms with Crippen LogP contribution in [0.3, 0.4) is 0 Å². The van der Waals surface area contributed by atoms with Crippen molar-refractivity contribution in [2.75, 3.05) is 7.05 Å². The van der Waals surface area contributed by atoms with Crippen molar-refractivity contribution >= 4 is 21.9 Å². The largest absolute Gasteiger partial charge is 0.480 e. The lowest BCUT2D eigenvalue weighted by molar-refractivity contribution is -0.142. The molecule has 0 heterocycles. The van der Waals surface area contributed by atoms with Crippen LogP contribution in [0.5, 0.6) is 0 Å². The summed E-state index contributed by atoms with van der Waals surface area (Å²) in [6, 6.07) is 7.34. The predicted octanol–water partition coefficient (Wildman–Crippen LogP) is 2.35. The monoisotopic (exact) mass is 271 g/mol. The van der Waals surface area contributed by atoms with Crippen LogP contribution >= 0.6 is 15.9 Å². The summed E-state index contributed by atoms with van der Waals surface area (Å²) >= 11 is 3.44. The Kier molecular flexibility index (Phi) is 4.29. The standard InChI is InChI=1S/C11H14BrNO2/c1-8(11(14)15)13(2)7-9-5-3-4-6-10(9)12/h3-6,8H,7H2,1-2H3,(H,14,15)/t8-/m0/s1. The number of hydrogen-bond acceptors (Lipinski definition) is 2. The molecule has 0 aliphatic carbocycles. The van der Waals surface area contributed by atoms with Gasteiger partial charge in [0, 0.05) is 11.0 Å². The van der Waals surface area contributed by atoms with Gasteiger partial charge in [-0.25, -0.2) is 0 Å². The summed E-state index contributed by atoms with van der Waals surface area (Å²) in [5.74, 6) is -0.801. The molecule has 0 aliphatic rings. The minimum absolute atomic E-state index is 0.475. The first-order valence-corrected chi connectivity index (χ1v) is 5.48. The molecule has 0 aliphatic heterocycles. The number of likely N-dealkylation sites (N-methyl/N-ethyl adjacent to an activating group) is 1. The third-order valence-electron chi connectivity index (χ3n) is 2.40. The summed E-state index contributed by atoms with van der Waals surface area (Å²) in [6.07, 6.45) is 0. The molecule has 0 fully saturated rings. The Bertz CT molecular complexity index is 354. The first kappa shape index (κ1) is 12.2. The van der Waals surface area contributed by atoms with Crippen LogP contribution in [0, 0.1) is 0 Å². The molecule has 1 N–H and O–H groups in total. The van der Waals surface area contributed by atoms with Gasteiger partial charge < -0.3 is 5.11 Å². The highest BCUT2D eigenvalue weighted by Crippen LogP contribution is 2.17. The highest BCUT2D eigenvalue weighted by atomic mass is 79.9. The minimum atomic E-state index is -0.801. The molecule has 4 heteroatoms. The normalized spacial score (nSPS) is 12.8. The van der Waals surface area contributed by atoms with E-state index in [-0.39, 0.29) is 0 Å². The Morgan fingerprint density at radius 1 is 1.53 bits per heavy atom. The van der Waals surface area contributed by atoms with E-state index < -0.39 is 12.0 Å². The molecule has 82 valence electrons. The van der Waals surface area contributed by atoms with Gasteiger partial charge in [0.2, 0.25) is 0 Å². The van der Waals surface area contributed by atoms with Gasteiger partial charge in [0.25, 0.3) is 0 Å². The average molecular weight is 272 g/mol. The summed E-state index contributed by atoms with van der Waals surface area (Å²) in [6.45, 7) is 2.30. The number of aliphatic carboxylic acids is 1. The molecule has 0 bridgehead atoms. The van der Waals surface area contributed by atoms with Crippen LogP contribution in [0.4, 0.5) is 0 Å². The fraction of sp³-hybridized carbons (Fsp3) is 0.364. The summed E-state index contributed by atoms with van der Waals surface area (Å²) in [7, 11) is 1.80. The third-order valence-corrected chi connectivity index (χ3v) is 3.17. The Morgan fingerprint density at radius 2 is 2.13 bits per heavy atom. The van der Waals surface area contributed by atoms with Crippen molar-refractivity contribution in [1.29, 1.82) is 0 Å². The van der Waals surface area contributed by atoms with E-state index in [9.17, 15) is 4.79 Å². The smallest absolute Gasteiger partial charge is 0.320 e. The molecule has 1 aromatic carbocycles. The van der Waals surface area contributed by atoms with E-state index in [1.54, 1.807) is 18.9 Å². The van der Waals surface area contributed by atoms with Gasteiger partial charge in [0.05, 0.1) is 0 Å². The van der Waals surface area contributed by atoms with E-state index in [1.807, 2.05) is 24.3 Å². The second kappa shape index (κ2) is 5.28. The van der Waals surface area contributed by atoms with Crippen LogP contribution in [-0.2, 0) is 11.3 Å². The topological polar surface area (TPSA) is 40.5 Å². The van der Waals surface area contributed by atoms with E-state index in [0.29, 0.717) is 6.54 Å². The van der Waals surface area contributed by atoms with E-state index in [0.717, 1.165) is 10.0 Å². The summed E-state index contributed by atoms with van der Waals surface area (Å²) in [5, 5.41) is 8.85. The zero-order valence-corrected chi connectivity index (χ0v) is 10.4. The lowest BCUT2D eigenvalue weighted by atomic mass is 10.2. The molecule has 1 atom stereocenters. The minimum Gasteiger partial charge on any atom is -0.480 e. The lowest BCUT2D eigenvalue weighted by Crippen LogP contribution is -2.35. The van der Waals surface area contributed by atoms with Gasteiger partial charge >= 0.3 is 5.97 Å². The second-order valence-electron chi connectivity index (χ2n) is 3.52. The number of carboxylic acid groups (broad SMARTS) is 1. The number of nitrogens with zero attached hydrogens (tertiary/aromatic N) is 1. The lowest BCUT2D eigenvalue weighted by Gasteiger charge is -2.21. The summed E-state index contributed by atoms with van der Waals surface area (Å²) < 4.78 is 1.01. The van der Waals surface area contributed by atoms with Gasteiger partial charge in [-0.05, 0) is 25.6 Å². The average Bonchev–Trinajstić information content (AvgIpc) is 2.20. The van der Waals surface area contributed by atoms with Crippen LogP contribution in [0.1, 0.15) is 12.5 Å². The van der Waals surface area contributed by atoms with Gasteiger partial charge in [0.15, 0.2) is 0 Å². The summed E-state index contributed by atoms with van der Waals surface area (Å²) in [5.41, 5.74) is 1.09. The zero-order valence-electron chi connectivity index (χ0n) is 8.77. The molecular weight excluding hydrogens is 258 g/mol. The highest BCUT2D eigenvalue weighted by Gasteiger charge is 2.17. The number of carboxylic acids is 1. The molecule has 0 saturated heterocycles. The first-order chi connectivity index (χ1) is 7.02. The van der Waals surface area contributed by atoms with Crippen molar-refractivity contribution < 1.29 is 9.90 Å². The van der Waals surface area contributed by atoms with E-state index in [4.69, 9.17) is 5.11 Å². The van der Waals surface area contributed by atoms with E-state index in [2.05, 4.69) is 15.9 Å². The second-order valence-corrected chi connectivity index (χ2v) is 4.38. The first-order valence-electron chi connectivity index (χ1n) is 4.69. The van der Waals surface area contributed by atoms with Gasteiger partial charge in [-0.2, -0.15) is 0 Å². The van der Waals surface area contributed by atoms with Crippen molar-refractivity contribution in [3.8, 4) is 0 Å². The van der Waals surface area contributed by atoms with Gasteiger partial charge in [-0.1, -0.05) is 34.1 Å². The SMILES string of the molecule is C[C@@H](C(=O)O)N(C)Cc1ccccc1Br. The van der Waals surface area contributed by atoms with Gasteiger partial charge in [0.1, 0.15) is 6.04 Å². The van der Waals surface area contributed by atoms with Crippen molar-refractivity contribution in [3.05, 3.63) is 34.3 Å². The molecule has 1 aromatic rings. The Morgan fingerprint density at radius 3 is 2.67 bits per heavy atom. The molecular formula is C11H14BrNO2. The van der Waals surface area contributed by atoms with Crippen LogP contribution < -0.4 is 0 Å². The maximum atomic E-state index is 10.8. The number of rotatable bonds is 4. The summed E-state index contributed by atoms with van der Waals surface area (Å²) in [4.78, 5) is 12.6. The van der Waals surface area contributed by atoms with Crippen LogP contribution in [-0.4, -0.2) is 29.1 Å². The number of carbonyl (C=O) groups is 1. The maximum absolute atomic E-state index is 10.8. The highest BCUT2D eigenvalue weighted by molar-refractivity contribution is 9.10. The molecule has 0 radical (unpaired) electrons. The molecule has 0 aromatic heterocycles. The molecule has 3 nitrogen and oxygen atoms in total. The molecule has 0 saturated carbocycles.